The van der Waals surface area contributed by atoms with Crippen LogP contribution in [0.25, 0.3) is 0 Å². The summed E-state index contributed by atoms with van der Waals surface area (Å²) < 4.78 is 10.1. The van der Waals surface area contributed by atoms with Crippen molar-refractivity contribution in [3.05, 3.63) is 63.6 Å². The van der Waals surface area contributed by atoms with E-state index in [-0.39, 0.29) is 30.1 Å². The van der Waals surface area contributed by atoms with Gasteiger partial charge in [0.15, 0.2) is 0 Å². The van der Waals surface area contributed by atoms with Gasteiger partial charge in [0.1, 0.15) is 5.75 Å². The van der Waals surface area contributed by atoms with Gasteiger partial charge < -0.3 is 9.47 Å². The van der Waals surface area contributed by atoms with Crippen molar-refractivity contribution < 1.29 is 23.9 Å². The number of carbonyl (C=O) groups is 3. The van der Waals surface area contributed by atoms with Crippen molar-refractivity contribution in [2.75, 3.05) is 13.7 Å². The van der Waals surface area contributed by atoms with E-state index in [0.717, 1.165) is 0 Å². The second-order valence-electron chi connectivity index (χ2n) is 5.60. The molecule has 0 saturated heterocycles. The van der Waals surface area contributed by atoms with Gasteiger partial charge in [0, 0.05) is 17.0 Å². The maximum atomic E-state index is 12.1. The molecule has 0 saturated carbocycles. The number of rotatable bonds is 7. The molecule has 0 spiro atoms. The van der Waals surface area contributed by atoms with Crippen LogP contribution in [0.15, 0.2) is 42.5 Å². The lowest BCUT2D eigenvalue weighted by Crippen LogP contribution is -2.41. The highest BCUT2D eigenvalue weighted by atomic mass is 35.5. The first-order valence-electron chi connectivity index (χ1n) is 8.26. The van der Waals surface area contributed by atoms with Crippen LogP contribution in [0.5, 0.6) is 5.75 Å². The second-order valence-corrected chi connectivity index (χ2v) is 6.45. The van der Waals surface area contributed by atoms with Crippen LogP contribution in [-0.2, 0) is 9.53 Å². The van der Waals surface area contributed by atoms with Gasteiger partial charge in [-0.1, -0.05) is 29.3 Å². The van der Waals surface area contributed by atoms with Gasteiger partial charge in [0.2, 0.25) is 5.91 Å². The Labute approximate surface area is 171 Å². The molecule has 2 aromatic rings. The van der Waals surface area contributed by atoms with Crippen LogP contribution in [0, 0.1) is 0 Å². The average Bonchev–Trinajstić information content (AvgIpc) is 2.70. The maximum absolute atomic E-state index is 12.1. The normalized spacial score (nSPS) is 10.1. The summed E-state index contributed by atoms with van der Waals surface area (Å²) in [5, 5.41) is 0.892. The van der Waals surface area contributed by atoms with Gasteiger partial charge in [-0.15, -0.1) is 0 Å². The Hall–Kier alpha value is -2.77. The molecule has 2 rings (SSSR count). The third-order valence-corrected chi connectivity index (χ3v) is 4.09. The van der Waals surface area contributed by atoms with Gasteiger partial charge in [-0.2, -0.15) is 0 Å². The minimum absolute atomic E-state index is 0.133. The summed E-state index contributed by atoms with van der Waals surface area (Å²) in [7, 11) is 1.25. The Kier molecular flexibility index (Phi) is 8.10. The summed E-state index contributed by atoms with van der Waals surface area (Å²) in [4.78, 5) is 35.4. The summed E-state index contributed by atoms with van der Waals surface area (Å²) in [6.45, 7) is 0.268. The SMILES string of the molecule is COC(=O)c1cccc(C(=O)NNC(=O)CCCOc2ccc(Cl)cc2Cl)c1. The smallest absolute Gasteiger partial charge is 0.337 e. The number of carbonyl (C=O) groups excluding carboxylic acids is 3. The standard InChI is InChI=1S/C19H18Cl2N2O5/c1-27-19(26)13-5-2-4-12(10-13)18(25)23-22-17(24)6-3-9-28-16-8-7-14(20)11-15(16)21/h2,4-5,7-8,10-11H,3,6,9H2,1H3,(H,22,24)(H,23,25). The van der Waals surface area contributed by atoms with Gasteiger partial charge in [-0.05, 0) is 42.8 Å². The number of amides is 2. The third-order valence-electron chi connectivity index (χ3n) is 3.56. The van der Waals surface area contributed by atoms with Gasteiger partial charge >= 0.3 is 5.97 Å². The van der Waals surface area contributed by atoms with Gasteiger partial charge in [-0.25, -0.2) is 4.79 Å². The van der Waals surface area contributed by atoms with E-state index in [2.05, 4.69) is 15.6 Å². The fourth-order valence-corrected chi connectivity index (χ4v) is 2.64. The first-order valence-corrected chi connectivity index (χ1v) is 9.01. The zero-order chi connectivity index (χ0) is 20.5. The van der Waals surface area contributed by atoms with Crippen molar-refractivity contribution in [1.29, 1.82) is 0 Å². The number of hydrogen-bond acceptors (Lipinski definition) is 5. The summed E-state index contributed by atoms with van der Waals surface area (Å²) in [6.07, 6.45) is 0.548. The molecule has 7 nitrogen and oxygen atoms in total. The zero-order valence-corrected chi connectivity index (χ0v) is 16.5. The second kappa shape index (κ2) is 10.5. The molecule has 2 N–H and O–H groups in total. The van der Waals surface area contributed by atoms with Gasteiger partial charge in [-0.3, -0.25) is 20.4 Å². The predicted octanol–water partition coefficient (Wildman–Crippen LogP) is 3.40. The Bertz CT molecular complexity index is 873. The summed E-state index contributed by atoms with van der Waals surface area (Å²) in [5.74, 6) is -1.02. The molecule has 2 aromatic carbocycles. The lowest BCUT2D eigenvalue weighted by atomic mass is 10.1. The van der Waals surface area contributed by atoms with Crippen molar-refractivity contribution in [2.45, 2.75) is 12.8 Å². The van der Waals surface area contributed by atoms with Crippen LogP contribution in [0.1, 0.15) is 33.6 Å². The molecule has 148 valence electrons. The molecule has 2 amide bonds. The quantitative estimate of drug-likeness (QED) is 0.403. The number of ether oxygens (including phenoxy) is 2. The van der Waals surface area contributed by atoms with Gasteiger partial charge in [0.05, 0.1) is 24.3 Å². The number of esters is 1. The van der Waals surface area contributed by atoms with Crippen LogP contribution < -0.4 is 15.6 Å². The molecular weight excluding hydrogens is 407 g/mol. The van der Waals surface area contributed by atoms with E-state index in [1.807, 2.05) is 0 Å². The number of nitrogens with one attached hydrogen (secondary N) is 2. The van der Waals surface area contributed by atoms with E-state index >= 15 is 0 Å². The molecule has 0 aromatic heterocycles. The lowest BCUT2D eigenvalue weighted by molar-refractivity contribution is -0.122. The number of benzene rings is 2. The molecule has 0 radical (unpaired) electrons. The van der Waals surface area contributed by atoms with Gasteiger partial charge in [0.25, 0.3) is 5.91 Å². The number of hydrogen-bond donors (Lipinski definition) is 2. The van der Waals surface area contributed by atoms with Crippen molar-refractivity contribution in [2.24, 2.45) is 0 Å². The highest BCUT2D eigenvalue weighted by Gasteiger charge is 2.11. The highest BCUT2D eigenvalue weighted by Crippen LogP contribution is 2.27. The Morgan fingerprint density at radius 1 is 1.00 bits per heavy atom. The topological polar surface area (TPSA) is 93.7 Å². The maximum Gasteiger partial charge on any atom is 0.337 e. The van der Waals surface area contributed by atoms with E-state index in [9.17, 15) is 14.4 Å². The minimum atomic E-state index is -0.556. The Morgan fingerprint density at radius 2 is 1.75 bits per heavy atom. The van der Waals surface area contributed by atoms with Crippen LogP contribution in [0.2, 0.25) is 10.0 Å². The number of hydrazine groups is 1. The first-order chi connectivity index (χ1) is 13.4. The summed E-state index contributed by atoms with van der Waals surface area (Å²) in [5.41, 5.74) is 5.04. The molecule has 0 aliphatic rings. The third kappa shape index (κ3) is 6.44. The lowest BCUT2D eigenvalue weighted by Gasteiger charge is -2.10. The van der Waals surface area contributed by atoms with Crippen LogP contribution in [0.4, 0.5) is 0 Å². The number of methoxy groups -OCH3 is 1. The van der Waals surface area contributed by atoms with E-state index in [0.29, 0.717) is 22.2 Å². The fourth-order valence-electron chi connectivity index (χ4n) is 2.17. The Balaban J connectivity index is 1.73. The minimum Gasteiger partial charge on any atom is -0.492 e. The Morgan fingerprint density at radius 3 is 2.46 bits per heavy atom. The molecule has 0 heterocycles. The molecule has 0 aliphatic carbocycles. The predicted molar refractivity (Wildman–Crippen MR) is 105 cm³/mol. The summed E-state index contributed by atoms with van der Waals surface area (Å²) >= 11 is 11.8. The van der Waals surface area contributed by atoms with Crippen LogP contribution in [-0.4, -0.2) is 31.5 Å². The zero-order valence-electron chi connectivity index (χ0n) is 15.0. The fraction of sp³-hybridized carbons (Fsp3) is 0.211. The largest absolute Gasteiger partial charge is 0.492 e. The molecule has 0 atom stereocenters. The van der Waals surface area contributed by atoms with E-state index < -0.39 is 11.9 Å². The number of halogens is 2. The summed E-state index contributed by atoms with van der Waals surface area (Å²) in [6, 6.07) is 10.8. The van der Waals surface area contributed by atoms with Crippen molar-refractivity contribution in [3.8, 4) is 5.75 Å². The molecule has 28 heavy (non-hydrogen) atoms. The van der Waals surface area contributed by atoms with Crippen LogP contribution in [0.3, 0.4) is 0 Å². The van der Waals surface area contributed by atoms with E-state index in [4.69, 9.17) is 27.9 Å². The van der Waals surface area contributed by atoms with E-state index in [1.165, 1.54) is 25.3 Å². The highest BCUT2D eigenvalue weighted by molar-refractivity contribution is 6.35. The molecule has 0 aliphatic heterocycles. The van der Waals surface area contributed by atoms with Crippen molar-refractivity contribution >= 4 is 41.0 Å². The molecule has 0 bridgehead atoms. The molecule has 0 unspecified atom stereocenters. The van der Waals surface area contributed by atoms with Crippen molar-refractivity contribution in [1.82, 2.24) is 10.9 Å². The van der Waals surface area contributed by atoms with Crippen LogP contribution >= 0.6 is 23.2 Å². The first kappa shape index (κ1) is 21.5. The molecular formula is C19H18Cl2N2O5. The van der Waals surface area contributed by atoms with E-state index in [1.54, 1.807) is 24.3 Å². The van der Waals surface area contributed by atoms with Crippen molar-refractivity contribution in [3.63, 3.8) is 0 Å². The average molecular weight is 425 g/mol. The molecule has 9 heteroatoms. The molecule has 0 fully saturated rings. The monoisotopic (exact) mass is 424 g/mol.